The Morgan fingerprint density at radius 2 is 2.05 bits per heavy atom. The van der Waals surface area contributed by atoms with Gasteiger partial charge < -0.3 is 10.5 Å². The normalized spacial score (nSPS) is 15.4. The first kappa shape index (κ1) is 15.0. The zero-order valence-electron chi connectivity index (χ0n) is 11.3. The van der Waals surface area contributed by atoms with Crippen LogP contribution >= 0.6 is 22.9 Å². The van der Waals surface area contributed by atoms with E-state index in [4.69, 9.17) is 22.1 Å². The van der Waals surface area contributed by atoms with Gasteiger partial charge in [0.15, 0.2) is 0 Å². The van der Waals surface area contributed by atoms with Crippen molar-refractivity contribution in [1.29, 1.82) is 0 Å². The van der Waals surface area contributed by atoms with E-state index in [0.717, 1.165) is 4.88 Å². The maximum Gasteiger partial charge on any atom is 0.331 e. The van der Waals surface area contributed by atoms with Crippen molar-refractivity contribution in [1.82, 2.24) is 0 Å². The van der Waals surface area contributed by atoms with Crippen LogP contribution in [0.25, 0.3) is 0 Å². The van der Waals surface area contributed by atoms with Gasteiger partial charge in [0.25, 0.3) is 0 Å². The smallest absolute Gasteiger partial charge is 0.331 e. The van der Waals surface area contributed by atoms with Crippen molar-refractivity contribution in [2.24, 2.45) is 5.73 Å². The van der Waals surface area contributed by atoms with Gasteiger partial charge in [-0.15, -0.1) is 11.3 Å². The minimum absolute atomic E-state index is 0.241. The van der Waals surface area contributed by atoms with Crippen LogP contribution in [0.2, 0.25) is 5.02 Å². The summed E-state index contributed by atoms with van der Waals surface area (Å²) in [4.78, 5) is 13.3. The summed E-state index contributed by atoms with van der Waals surface area (Å²) in [5, 5.41) is 2.42. The highest BCUT2D eigenvalue weighted by atomic mass is 35.5. The fourth-order valence-electron chi connectivity index (χ4n) is 2.25. The monoisotopic (exact) mass is 309 g/mol. The fraction of sp³-hybridized carbons (Fsp3) is 0.267. The van der Waals surface area contributed by atoms with Crippen LogP contribution in [-0.2, 0) is 15.1 Å². The van der Waals surface area contributed by atoms with Crippen LogP contribution in [0, 0.1) is 0 Å². The van der Waals surface area contributed by atoms with Gasteiger partial charge in [-0.05, 0) is 17.5 Å². The lowest BCUT2D eigenvalue weighted by atomic mass is 9.79. The third-order valence-corrected chi connectivity index (χ3v) is 4.88. The van der Waals surface area contributed by atoms with Gasteiger partial charge >= 0.3 is 5.97 Å². The second-order valence-corrected chi connectivity index (χ2v) is 5.96. The van der Waals surface area contributed by atoms with Gasteiger partial charge in [0.05, 0.1) is 7.11 Å². The molecule has 20 heavy (non-hydrogen) atoms. The van der Waals surface area contributed by atoms with Crippen LogP contribution in [0.1, 0.15) is 23.3 Å². The highest BCUT2D eigenvalue weighted by Gasteiger charge is 2.45. The van der Waals surface area contributed by atoms with E-state index in [0.29, 0.717) is 10.6 Å². The molecule has 0 aliphatic rings. The second kappa shape index (κ2) is 5.95. The average molecular weight is 310 g/mol. The number of rotatable bonds is 4. The van der Waals surface area contributed by atoms with Crippen molar-refractivity contribution in [2.75, 3.05) is 7.11 Å². The van der Waals surface area contributed by atoms with Crippen LogP contribution in [0.3, 0.4) is 0 Å². The van der Waals surface area contributed by atoms with Gasteiger partial charge in [0.2, 0.25) is 0 Å². The Kier molecular flexibility index (Phi) is 4.48. The van der Waals surface area contributed by atoms with E-state index in [1.165, 1.54) is 7.11 Å². The number of thiophene rings is 1. The molecule has 1 aromatic carbocycles. The molecule has 0 spiro atoms. The Bertz CT molecular complexity index is 600. The Balaban J connectivity index is 2.57. The topological polar surface area (TPSA) is 52.3 Å². The molecule has 0 saturated carbocycles. The first-order valence-corrected chi connectivity index (χ1v) is 7.43. The quantitative estimate of drug-likeness (QED) is 0.879. The zero-order chi connectivity index (χ0) is 14.8. The van der Waals surface area contributed by atoms with Gasteiger partial charge in [-0.2, -0.15) is 0 Å². The number of benzene rings is 1. The molecule has 1 heterocycles. The highest BCUT2D eigenvalue weighted by Crippen LogP contribution is 2.40. The first-order valence-electron chi connectivity index (χ1n) is 6.17. The molecule has 1 aromatic heterocycles. The summed E-state index contributed by atoms with van der Waals surface area (Å²) < 4.78 is 4.93. The van der Waals surface area contributed by atoms with E-state index in [2.05, 4.69) is 0 Å². The van der Waals surface area contributed by atoms with Crippen molar-refractivity contribution < 1.29 is 9.53 Å². The molecule has 5 heteroatoms. The molecule has 2 atom stereocenters. The molecule has 0 bridgehead atoms. The molecular weight excluding hydrogens is 294 g/mol. The lowest BCUT2D eigenvalue weighted by Crippen LogP contribution is -2.49. The van der Waals surface area contributed by atoms with Crippen molar-refractivity contribution >= 4 is 28.9 Å². The Morgan fingerprint density at radius 1 is 1.35 bits per heavy atom. The fourth-order valence-corrected chi connectivity index (χ4v) is 3.40. The van der Waals surface area contributed by atoms with Crippen LogP contribution in [0.15, 0.2) is 41.8 Å². The van der Waals surface area contributed by atoms with Crippen LogP contribution in [0.5, 0.6) is 0 Å². The number of esters is 1. The van der Waals surface area contributed by atoms with Gasteiger partial charge in [-0.1, -0.05) is 42.8 Å². The number of halogens is 1. The SMILES string of the molecule is COC(=O)C(N)(c1ccccc1Cl)C(C)c1cccs1. The summed E-state index contributed by atoms with van der Waals surface area (Å²) >= 11 is 7.79. The summed E-state index contributed by atoms with van der Waals surface area (Å²) in [5.74, 6) is -0.735. The number of carbonyl (C=O) groups is 1. The van der Waals surface area contributed by atoms with E-state index < -0.39 is 11.5 Å². The number of carbonyl (C=O) groups excluding carboxylic acids is 1. The lowest BCUT2D eigenvalue weighted by molar-refractivity contribution is -0.148. The Hall–Kier alpha value is -1.36. The molecule has 0 saturated heterocycles. The van der Waals surface area contributed by atoms with E-state index in [-0.39, 0.29) is 5.92 Å². The van der Waals surface area contributed by atoms with Gasteiger partial charge in [0, 0.05) is 21.4 Å². The molecule has 2 rings (SSSR count). The molecule has 2 aromatic rings. The van der Waals surface area contributed by atoms with Gasteiger partial charge in [0.1, 0.15) is 5.54 Å². The maximum atomic E-state index is 12.3. The summed E-state index contributed by atoms with van der Waals surface area (Å²) in [5.41, 5.74) is 5.73. The number of nitrogens with two attached hydrogens (primary N) is 1. The van der Waals surface area contributed by atoms with Crippen molar-refractivity contribution in [3.8, 4) is 0 Å². The van der Waals surface area contributed by atoms with E-state index >= 15 is 0 Å². The summed E-state index contributed by atoms with van der Waals surface area (Å²) in [7, 11) is 1.34. The predicted octanol–water partition coefficient (Wildman–Crippen LogP) is 3.53. The number of methoxy groups -OCH3 is 1. The third kappa shape index (κ3) is 2.46. The second-order valence-electron chi connectivity index (χ2n) is 4.58. The van der Waals surface area contributed by atoms with Crippen molar-refractivity contribution in [2.45, 2.75) is 18.4 Å². The van der Waals surface area contributed by atoms with E-state index in [9.17, 15) is 4.79 Å². The predicted molar refractivity (Wildman–Crippen MR) is 82.1 cm³/mol. The van der Waals surface area contributed by atoms with Gasteiger partial charge in [-0.3, -0.25) is 0 Å². The lowest BCUT2D eigenvalue weighted by Gasteiger charge is -2.33. The van der Waals surface area contributed by atoms with Crippen LogP contribution in [-0.4, -0.2) is 13.1 Å². The average Bonchev–Trinajstić information content (AvgIpc) is 2.99. The van der Waals surface area contributed by atoms with Crippen molar-refractivity contribution in [3.63, 3.8) is 0 Å². The largest absolute Gasteiger partial charge is 0.467 e. The third-order valence-electron chi connectivity index (χ3n) is 3.50. The van der Waals surface area contributed by atoms with E-state index in [1.54, 1.807) is 29.5 Å². The van der Waals surface area contributed by atoms with Crippen LogP contribution < -0.4 is 5.73 Å². The molecule has 2 unspecified atom stereocenters. The summed E-state index contributed by atoms with van der Waals surface area (Å²) in [6, 6.07) is 11.0. The molecule has 3 nitrogen and oxygen atoms in total. The molecular formula is C15H16ClNO2S. The Labute approximate surface area is 127 Å². The number of ether oxygens (including phenoxy) is 1. The molecule has 0 fully saturated rings. The molecule has 0 aliphatic heterocycles. The molecule has 0 aliphatic carbocycles. The van der Waals surface area contributed by atoms with E-state index in [1.807, 2.05) is 30.5 Å². The molecule has 0 radical (unpaired) electrons. The molecule has 106 valence electrons. The minimum Gasteiger partial charge on any atom is -0.467 e. The summed E-state index contributed by atoms with van der Waals surface area (Å²) in [6.45, 7) is 1.91. The first-order chi connectivity index (χ1) is 9.51. The summed E-state index contributed by atoms with van der Waals surface area (Å²) in [6.07, 6.45) is 0. The number of hydrogen-bond acceptors (Lipinski definition) is 4. The standard InChI is InChI=1S/C15H16ClNO2S/c1-10(13-8-5-9-20-13)15(17,14(18)19-2)11-6-3-4-7-12(11)16/h3-10H,17H2,1-2H3. The van der Waals surface area contributed by atoms with Gasteiger partial charge in [-0.25, -0.2) is 4.79 Å². The Morgan fingerprint density at radius 3 is 2.60 bits per heavy atom. The highest BCUT2D eigenvalue weighted by molar-refractivity contribution is 7.10. The molecule has 0 amide bonds. The van der Waals surface area contributed by atoms with Crippen molar-refractivity contribution in [3.05, 3.63) is 57.2 Å². The maximum absolute atomic E-state index is 12.3. The van der Waals surface area contributed by atoms with Crippen LogP contribution in [0.4, 0.5) is 0 Å². The molecule has 2 N–H and O–H groups in total. The zero-order valence-corrected chi connectivity index (χ0v) is 12.9. The minimum atomic E-state index is -1.31. The number of hydrogen-bond donors (Lipinski definition) is 1.